The molecule has 0 aliphatic carbocycles. The molecule has 0 aliphatic heterocycles. The molecule has 7 N–H and O–H groups in total. The lowest BCUT2D eigenvalue weighted by atomic mass is 9.86. The van der Waals surface area contributed by atoms with Gasteiger partial charge < -0.3 is 40.8 Å². The summed E-state index contributed by atoms with van der Waals surface area (Å²) in [5.74, 6) is -1.27. The average molecular weight is 700 g/mol. The van der Waals surface area contributed by atoms with E-state index < -0.39 is 17.7 Å². The molecular weight excluding hydrogens is 662 g/mol. The van der Waals surface area contributed by atoms with Crippen LogP contribution in [0.25, 0.3) is 10.9 Å². The van der Waals surface area contributed by atoms with E-state index in [1.807, 2.05) is 36.4 Å². The Morgan fingerprint density at radius 2 is 1.44 bits per heavy atom. The predicted molar refractivity (Wildman–Crippen MR) is 195 cm³/mol. The number of aromatic hydroxyl groups is 1. The number of hydrogen-bond donors (Lipinski definition) is 7. The summed E-state index contributed by atoms with van der Waals surface area (Å²) in [5.41, 5.74) is 1.87. The van der Waals surface area contributed by atoms with Crippen molar-refractivity contribution < 1.29 is 34.8 Å². The van der Waals surface area contributed by atoms with E-state index in [9.17, 15) is 34.8 Å². The minimum absolute atomic E-state index is 0.0685. The van der Waals surface area contributed by atoms with E-state index in [1.54, 1.807) is 72.8 Å². The first-order chi connectivity index (χ1) is 25.1. The Kier molecular flexibility index (Phi) is 10.8. The van der Waals surface area contributed by atoms with Crippen LogP contribution in [-0.2, 0) is 30.1 Å². The first-order valence-electron chi connectivity index (χ1n) is 16.5. The second-order valence-corrected chi connectivity index (χ2v) is 12.3. The fourth-order valence-electron chi connectivity index (χ4n) is 5.89. The lowest BCUT2D eigenvalue weighted by Gasteiger charge is -2.25. The maximum absolute atomic E-state index is 12.8. The van der Waals surface area contributed by atoms with Crippen LogP contribution < -0.4 is 20.9 Å². The van der Waals surface area contributed by atoms with Crippen LogP contribution in [0.4, 0.5) is 0 Å². The van der Waals surface area contributed by atoms with Crippen LogP contribution >= 0.6 is 0 Å². The van der Waals surface area contributed by atoms with Crippen LogP contribution in [0, 0.1) is 0 Å². The minimum atomic E-state index is -2.23. The summed E-state index contributed by atoms with van der Waals surface area (Å²) in [4.78, 5) is 39.2. The van der Waals surface area contributed by atoms with E-state index in [0.29, 0.717) is 35.4 Å². The van der Waals surface area contributed by atoms with Crippen LogP contribution in [0.2, 0.25) is 0 Å². The number of hydrogen-bond acceptors (Lipinski definition) is 8. The number of ether oxygens (including phenoxy) is 1. The molecule has 0 aliphatic rings. The van der Waals surface area contributed by atoms with Crippen molar-refractivity contribution >= 4 is 22.8 Å². The number of nitrogens with one attached hydrogen (secondary N) is 3. The molecule has 0 fully saturated rings. The van der Waals surface area contributed by atoms with Crippen molar-refractivity contribution in [3.8, 4) is 11.5 Å². The van der Waals surface area contributed by atoms with E-state index in [-0.39, 0.29) is 47.0 Å². The van der Waals surface area contributed by atoms with E-state index in [1.165, 1.54) is 18.2 Å². The minimum Gasteiger partial charge on any atom is -0.506 e. The van der Waals surface area contributed by atoms with E-state index in [2.05, 4.69) is 15.6 Å². The quantitative estimate of drug-likeness (QED) is 0.0833. The number of aromatic amines is 1. The maximum Gasteiger partial charge on any atom is 0.345 e. The van der Waals surface area contributed by atoms with Gasteiger partial charge in [-0.25, -0.2) is 4.79 Å². The Hall–Kier alpha value is -6.27. The molecule has 264 valence electrons. The maximum atomic E-state index is 12.8. The number of aromatic nitrogens is 1. The monoisotopic (exact) mass is 699 g/mol. The molecule has 5 aromatic carbocycles. The third-order valence-electron chi connectivity index (χ3n) is 8.78. The topological polar surface area (TPSA) is 181 Å². The Morgan fingerprint density at radius 1 is 0.769 bits per heavy atom. The van der Waals surface area contributed by atoms with Crippen molar-refractivity contribution in [1.29, 1.82) is 0 Å². The molecule has 6 aromatic rings. The standard InChI is InChI=1S/C41H37N3O8/c45-35-19-17-33(34-18-20-37(47)44-38(34)35)36(46)24-42-22-26-13-15-29(16-14-26)39(48)43-23-27-9-11-28(12-10-27)25-52-32-8-4-7-31(21-32)41(51,40(49)50)30-5-2-1-3-6-30/h1-21,36,42,45-46,51H,22-25H2,(H,43,48)(H,44,47)(H,49,50). The molecule has 0 radical (unpaired) electrons. The highest BCUT2D eigenvalue weighted by molar-refractivity contribution is 5.94. The van der Waals surface area contributed by atoms with Gasteiger partial charge in [0.1, 0.15) is 18.1 Å². The highest BCUT2D eigenvalue weighted by Crippen LogP contribution is 2.32. The zero-order valence-corrected chi connectivity index (χ0v) is 28.0. The SMILES string of the molecule is O=C(NCc1ccc(COc2cccc(C(O)(C(=O)O)c3ccccc3)c2)cc1)c1ccc(CNCC(O)c2ccc(O)c3[nH]c(=O)ccc23)cc1. The molecule has 1 aromatic heterocycles. The number of phenolic OH excluding ortho intramolecular Hbond substituents is 1. The summed E-state index contributed by atoms with van der Waals surface area (Å²) in [6.45, 7) is 1.20. The zero-order valence-electron chi connectivity index (χ0n) is 28.0. The summed E-state index contributed by atoms with van der Waals surface area (Å²) in [6, 6.07) is 35.3. The highest BCUT2D eigenvalue weighted by Gasteiger charge is 2.40. The molecule has 1 amide bonds. The molecule has 0 saturated carbocycles. The molecule has 52 heavy (non-hydrogen) atoms. The van der Waals surface area contributed by atoms with Crippen molar-refractivity contribution in [2.45, 2.75) is 31.4 Å². The predicted octanol–water partition coefficient (Wildman–Crippen LogP) is 4.89. The number of fused-ring (bicyclic) bond motifs is 1. The molecule has 0 saturated heterocycles. The number of aliphatic hydroxyl groups is 2. The van der Waals surface area contributed by atoms with Crippen molar-refractivity contribution in [1.82, 2.24) is 15.6 Å². The smallest absolute Gasteiger partial charge is 0.345 e. The Bertz CT molecular complexity index is 2240. The molecule has 6 rings (SSSR count). The van der Waals surface area contributed by atoms with Gasteiger partial charge in [0.25, 0.3) is 5.91 Å². The fraction of sp³-hybridized carbons (Fsp3) is 0.146. The van der Waals surface area contributed by atoms with Crippen LogP contribution in [0.5, 0.6) is 11.5 Å². The van der Waals surface area contributed by atoms with E-state index >= 15 is 0 Å². The second-order valence-electron chi connectivity index (χ2n) is 12.3. The van der Waals surface area contributed by atoms with Crippen molar-refractivity contribution in [2.24, 2.45) is 0 Å². The molecule has 0 spiro atoms. The second kappa shape index (κ2) is 15.7. The van der Waals surface area contributed by atoms with Crippen molar-refractivity contribution in [3.63, 3.8) is 0 Å². The number of H-pyrrole nitrogens is 1. The Balaban J connectivity index is 0.969. The van der Waals surface area contributed by atoms with Gasteiger partial charge in [-0.3, -0.25) is 9.59 Å². The number of aliphatic hydroxyl groups excluding tert-OH is 1. The summed E-state index contributed by atoms with van der Waals surface area (Å²) in [5, 5.41) is 48.6. The van der Waals surface area contributed by atoms with Gasteiger partial charge in [-0.2, -0.15) is 0 Å². The van der Waals surface area contributed by atoms with Crippen molar-refractivity contribution in [2.75, 3.05) is 6.54 Å². The van der Waals surface area contributed by atoms with Crippen LogP contribution in [0.3, 0.4) is 0 Å². The molecule has 11 nitrogen and oxygen atoms in total. The number of phenols is 1. The number of pyridine rings is 1. The van der Waals surface area contributed by atoms with Gasteiger partial charge in [0, 0.05) is 42.2 Å². The van der Waals surface area contributed by atoms with E-state index in [0.717, 1.165) is 16.7 Å². The fourth-order valence-corrected chi connectivity index (χ4v) is 5.89. The molecule has 1 heterocycles. The van der Waals surface area contributed by atoms with Crippen LogP contribution in [-0.4, -0.2) is 43.8 Å². The number of amides is 1. The number of benzene rings is 5. The van der Waals surface area contributed by atoms with Crippen LogP contribution in [0.15, 0.2) is 132 Å². The Morgan fingerprint density at radius 3 is 2.17 bits per heavy atom. The number of aliphatic carboxylic acids is 1. The molecule has 0 bridgehead atoms. The van der Waals surface area contributed by atoms with Gasteiger partial charge in [-0.05, 0) is 64.2 Å². The largest absolute Gasteiger partial charge is 0.506 e. The Labute approximate surface area is 298 Å². The number of rotatable bonds is 14. The number of carbonyl (C=O) groups is 2. The van der Waals surface area contributed by atoms with E-state index in [4.69, 9.17) is 4.74 Å². The first kappa shape index (κ1) is 35.6. The van der Waals surface area contributed by atoms with Crippen molar-refractivity contribution in [3.05, 3.63) is 177 Å². The van der Waals surface area contributed by atoms with Gasteiger partial charge in [0.15, 0.2) is 0 Å². The first-order valence-corrected chi connectivity index (χ1v) is 16.5. The normalized spacial score (nSPS) is 12.9. The van der Waals surface area contributed by atoms with Crippen LogP contribution in [0.1, 0.15) is 49.8 Å². The summed E-state index contributed by atoms with van der Waals surface area (Å²) < 4.78 is 5.92. The molecular formula is C41H37N3O8. The average Bonchev–Trinajstić information content (AvgIpc) is 3.17. The van der Waals surface area contributed by atoms with Gasteiger partial charge in [-0.1, -0.05) is 84.9 Å². The summed E-state index contributed by atoms with van der Waals surface area (Å²) >= 11 is 0. The van der Waals surface area contributed by atoms with Gasteiger partial charge in [0.05, 0.1) is 11.6 Å². The summed E-state index contributed by atoms with van der Waals surface area (Å²) in [7, 11) is 0. The van der Waals surface area contributed by atoms with Gasteiger partial charge in [-0.15, -0.1) is 0 Å². The number of carboxylic acid groups (broad SMARTS) is 1. The number of carbonyl (C=O) groups excluding carboxylic acids is 1. The third-order valence-corrected chi connectivity index (χ3v) is 8.78. The highest BCUT2D eigenvalue weighted by atomic mass is 16.5. The third kappa shape index (κ3) is 8.03. The lowest BCUT2D eigenvalue weighted by Crippen LogP contribution is -2.36. The zero-order chi connectivity index (χ0) is 36.7. The van der Waals surface area contributed by atoms with Gasteiger partial charge >= 0.3 is 5.97 Å². The van der Waals surface area contributed by atoms with Gasteiger partial charge in [0.2, 0.25) is 11.2 Å². The molecule has 2 atom stereocenters. The molecule has 2 unspecified atom stereocenters. The molecule has 11 heteroatoms. The lowest BCUT2D eigenvalue weighted by molar-refractivity contribution is -0.155. The summed E-state index contributed by atoms with van der Waals surface area (Å²) in [6.07, 6.45) is -0.883. The number of carboxylic acids is 1.